The van der Waals surface area contributed by atoms with Gasteiger partial charge in [-0.2, -0.15) is 5.10 Å². The van der Waals surface area contributed by atoms with Gasteiger partial charge >= 0.3 is 0 Å². The van der Waals surface area contributed by atoms with Crippen molar-refractivity contribution in [2.75, 3.05) is 13.7 Å². The summed E-state index contributed by atoms with van der Waals surface area (Å²) in [6.07, 6.45) is 6.65. The van der Waals surface area contributed by atoms with E-state index in [1.807, 2.05) is 18.2 Å². The molecule has 0 saturated carbocycles. The summed E-state index contributed by atoms with van der Waals surface area (Å²) in [4.78, 5) is 4.20. The average molecular weight is 302 g/mol. The molecule has 2 aromatic rings. The first kappa shape index (κ1) is 15.9. The highest BCUT2D eigenvalue weighted by Crippen LogP contribution is 2.24. The first-order valence-electron chi connectivity index (χ1n) is 7.39. The second-order valence-corrected chi connectivity index (χ2v) is 4.90. The quantitative estimate of drug-likeness (QED) is 0.356. The fraction of sp³-hybridized carbons (Fsp3) is 0.375. The first-order valence-corrected chi connectivity index (χ1v) is 7.39. The van der Waals surface area contributed by atoms with Gasteiger partial charge in [-0.1, -0.05) is 19.8 Å². The number of hydrogen-bond acceptors (Lipinski definition) is 4. The molecule has 0 atom stereocenters. The molecule has 118 valence electrons. The Morgan fingerprint density at radius 1 is 1.41 bits per heavy atom. The van der Waals surface area contributed by atoms with E-state index in [1.165, 1.54) is 0 Å². The number of hydrogen-bond donors (Lipinski definition) is 2. The predicted molar refractivity (Wildman–Crippen MR) is 89.5 cm³/mol. The summed E-state index contributed by atoms with van der Waals surface area (Å²) in [6.45, 7) is 2.87. The minimum atomic E-state index is 0.317. The average Bonchev–Trinajstić information content (AvgIpc) is 2.94. The van der Waals surface area contributed by atoms with Gasteiger partial charge in [0.15, 0.2) is 0 Å². The molecule has 6 nitrogen and oxygen atoms in total. The molecule has 0 bridgehead atoms. The van der Waals surface area contributed by atoms with Crippen molar-refractivity contribution in [2.45, 2.75) is 26.2 Å². The van der Waals surface area contributed by atoms with E-state index in [1.54, 1.807) is 19.6 Å². The van der Waals surface area contributed by atoms with Crippen molar-refractivity contribution in [3.63, 3.8) is 0 Å². The van der Waals surface area contributed by atoms with E-state index in [0.29, 0.717) is 12.5 Å². The summed E-state index contributed by atoms with van der Waals surface area (Å²) in [5.74, 6) is 1.09. The van der Waals surface area contributed by atoms with Gasteiger partial charge < -0.3 is 14.9 Å². The maximum absolute atomic E-state index is 5.74. The molecule has 0 unspecified atom stereocenters. The van der Waals surface area contributed by atoms with Gasteiger partial charge in [-0.25, -0.2) is 5.43 Å². The third kappa shape index (κ3) is 4.25. The van der Waals surface area contributed by atoms with Crippen molar-refractivity contribution < 1.29 is 9.15 Å². The second-order valence-electron chi connectivity index (χ2n) is 4.90. The number of rotatable bonds is 7. The number of fused-ring (bicyclic) bond motifs is 1. The number of methoxy groups -OCH3 is 1. The molecule has 0 saturated heterocycles. The fourth-order valence-corrected chi connectivity index (χ4v) is 2.02. The molecule has 2 rings (SSSR count). The summed E-state index contributed by atoms with van der Waals surface area (Å²) < 4.78 is 10.7. The van der Waals surface area contributed by atoms with Crippen LogP contribution in [-0.4, -0.2) is 25.8 Å². The van der Waals surface area contributed by atoms with Gasteiger partial charge in [-0.05, 0) is 24.6 Å². The van der Waals surface area contributed by atoms with Crippen molar-refractivity contribution in [1.29, 1.82) is 0 Å². The van der Waals surface area contributed by atoms with Gasteiger partial charge in [0.1, 0.15) is 17.6 Å². The number of nitrogens with zero attached hydrogens (tertiary/aromatic N) is 2. The summed E-state index contributed by atoms with van der Waals surface area (Å²) >= 11 is 0. The van der Waals surface area contributed by atoms with E-state index in [4.69, 9.17) is 14.9 Å². The molecule has 0 aliphatic carbocycles. The third-order valence-corrected chi connectivity index (χ3v) is 3.24. The zero-order valence-corrected chi connectivity index (χ0v) is 13.0. The smallest absolute Gasteiger partial charge is 0.209 e. The molecule has 0 fully saturated rings. The fourth-order valence-electron chi connectivity index (χ4n) is 2.02. The number of nitrogens with one attached hydrogen (secondary N) is 1. The van der Waals surface area contributed by atoms with Gasteiger partial charge in [0, 0.05) is 17.5 Å². The zero-order chi connectivity index (χ0) is 15.8. The Balaban J connectivity index is 1.98. The van der Waals surface area contributed by atoms with Crippen LogP contribution in [0.3, 0.4) is 0 Å². The SMILES string of the molecule is CCCCCN=C(N)N/N=C/c1coc2ccc(OC)cc12. The summed E-state index contributed by atoms with van der Waals surface area (Å²) in [5, 5.41) is 5.02. The number of guanidine groups is 1. The lowest BCUT2D eigenvalue weighted by atomic mass is 10.2. The van der Waals surface area contributed by atoms with Crippen LogP contribution in [-0.2, 0) is 0 Å². The van der Waals surface area contributed by atoms with E-state index < -0.39 is 0 Å². The Labute approximate surface area is 130 Å². The number of benzene rings is 1. The second kappa shape index (κ2) is 8.07. The topological polar surface area (TPSA) is 85.1 Å². The largest absolute Gasteiger partial charge is 0.497 e. The molecule has 0 aliphatic heterocycles. The molecule has 0 radical (unpaired) electrons. The summed E-state index contributed by atoms with van der Waals surface area (Å²) in [6, 6.07) is 5.62. The summed E-state index contributed by atoms with van der Waals surface area (Å²) in [5.41, 5.74) is 10.1. The van der Waals surface area contributed by atoms with E-state index in [9.17, 15) is 0 Å². The number of hydrazone groups is 1. The lowest BCUT2D eigenvalue weighted by Gasteiger charge is -1.99. The number of nitrogens with two attached hydrogens (primary N) is 1. The van der Waals surface area contributed by atoms with Gasteiger partial charge in [0.05, 0.1) is 13.3 Å². The molecule has 0 aliphatic rings. The molecule has 22 heavy (non-hydrogen) atoms. The number of furan rings is 1. The predicted octanol–water partition coefficient (Wildman–Crippen LogP) is 2.87. The Morgan fingerprint density at radius 2 is 2.27 bits per heavy atom. The first-order chi connectivity index (χ1) is 10.7. The molecule has 6 heteroatoms. The minimum Gasteiger partial charge on any atom is -0.497 e. The van der Waals surface area contributed by atoms with Crippen LogP contribution in [0.5, 0.6) is 5.75 Å². The van der Waals surface area contributed by atoms with Gasteiger partial charge in [0.25, 0.3) is 0 Å². The van der Waals surface area contributed by atoms with Crippen molar-refractivity contribution in [2.24, 2.45) is 15.8 Å². The van der Waals surface area contributed by atoms with E-state index in [2.05, 4.69) is 22.4 Å². The molecule has 3 N–H and O–H groups in total. The van der Waals surface area contributed by atoms with Gasteiger partial charge in [0.2, 0.25) is 5.96 Å². The highest BCUT2D eigenvalue weighted by Gasteiger charge is 2.05. The van der Waals surface area contributed by atoms with E-state index >= 15 is 0 Å². The lowest BCUT2D eigenvalue weighted by Crippen LogP contribution is -2.27. The summed E-state index contributed by atoms with van der Waals surface area (Å²) in [7, 11) is 1.63. The molecule has 0 amide bonds. The maximum Gasteiger partial charge on any atom is 0.209 e. The van der Waals surface area contributed by atoms with Crippen molar-refractivity contribution in [1.82, 2.24) is 5.43 Å². The van der Waals surface area contributed by atoms with Gasteiger partial charge in [-0.3, -0.25) is 4.99 Å². The highest BCUT2D eigenvalue weighted by atomic mass is 16.5. The highest BCUT2D eigenvalue weighted by molar-refractivity contribution is 5.98. The zero-order valence-electron chi connectivity index (χ0n) is 13.0. The van der Waals surface area contributed by atoms with Crippen molar-refractivity contribution in [3.05, 3.63) is 30.0 Å². The standard InChI is InChI=1S/C16H22N4O2/c1-3-4-5-8-18-16(17)20-19-10-12-11-22-15-7-6-13(21-2)9-14(12)15/h6-7,9-11H,3-5,8H2,1-2H3,(H3,17,18,20)/b19-10+. The Kier molecular flexibility index (Phi) is 5.82. The molecular formula is C16H22N4O2. The molecule has 1 aromatic carbocycles. The van der Waals surface area contributed by atoms with Crippen LogP contribution >= 0.6 is 0 Å². The van der Waals surface area contributed by atoms with Crippen LogP contribution in [0, 0.1) is 0 Å². The minimum absolute atomic E-state index is 0.317. The Hall–Kier alpha value is -2.50. The van der Waals surface area contributed by atoms with Crippen molar-refractivity contribution >= 4 is 23.1 Å². The van der Waals surface area contributed by atoms with E-state index in [-0.39, 0.29) is 0 Å². The lowest BCUT2D eigenvalue weighted by molar-refractivity contribution is 0.415. The van der Waals surface area contributed by atoms with Crippen LogP contribution in [0.15, 0.2) is 39.0 Å². The molecular weight excluding hydrogens is 280 g/mol. The van der Waals surface area contributed by atoms with Crippen LogP contribution in [0.4, 0.5) is 0 Å². The number of aliphatic imine (C=N–C) groups is 1. The number of ether oxygens (including phenoxy) is 1. The van der Waals surface area contributed by atoms with Crippen molar-refractivity contribution in [3.8, 4) is 5.75 Å². The van der Waals surface area contributed by atoms with Crippen LogP contribution in [0.25, 0.3) is 11.0 Å². The van der Waals surface area contributed by atoms with E-state index in [0.717, 1.165) is 41.5 Å². The Morgan fingerprint density at radius 3 is 3.05 bits per heavy atom. The van der Waals surface area contributed by atoms with Gasteiger partial charge in [-0.15, -0.1) is 0 Å². The third-order valence-electron chi connectivity index (χ3n) is 3.24. The molecule has 1 aromatic heterocycles. The molecule has 0 spiro atoms. The van der Waals surface area contributed by atoms with Crippen LogP contribution < -0.4 is 15.9 Å². The molecule has 1 heterocycles. The maximum atomic E-state index is 5.74. The van der Waals surface area contributed by atoms with Crippen LogP contribution in [0.1, 0.15) is 31.7 Å². The normalized spacial score (nSPS) is 12.2. The monoisotopic (exact) mass is 302 g/mol. The van der Waals surface area contributed by atoms with Crippen LogP contribution in [0.2, 0.25) is 0 Å². The Bertz CT molecular complexity index is 661. The number of unbranched alkanes of at least 4 members (excludes halogenated alkanes) is 2.